The fourth-order valence-electron chi connectivity index (χ4n) is 1.16. The molecule has 0 aliphatic carbocycles. The normalized spacial score (nSPS) is 9.86. The Morgan fingerprint density at radius 3 is 2.71 bits per heavy atom. The first-order chi connectivity index (χ1) is 6.67. The molecule has 3 heteroatoms. The number of benzene rings is 1. The molecule has 0 aliphatic rings. The standard InChI is InChI=1S/C11H14O3/c1-3-9(12)6-8-4-5-10(14-2)7-11(8)13/h4-5,7,13H,3,6H2,1-2H3. The van der Waals surface area contributed by atoms with Crippen molar-refractivity contribution in [1.29, 1.82) is 0 Å². The van der Waals surface area contributed by atoms with Gasteiger partial charge in [-0.1, -0.05) is 13.0 Å². The predicted octanol–water partition coefficient (Wildman–Crippen LogP) is 1.92. The van der Waals surface area contributed by atoms with Crippen LogP contribution in [0.15, 0.2) is 18.2 Å². The average molecular weight is 194 g/mol. The zero-order valence-electron chi connectivity index (χ0n) is 8.41. The third-order valence-electron chi connectivity index (χ3n) is 2.07. The number of rotatable bonds is 4. The molecule has 0 bridgehead atoms. The highest BCUT2D eigenvalue weighted by atomic mass is 16.5. The number of ketones is 1. The SMILES string of the molecule is CCC(=O)Cc1ccc(OC)cc1O. The van der Waals surface area contributed by atoms with Gasteiger partial charge in [0.15, 0.2) is 0 Å². The third kappa shape index (κ3) is 2.49. The molecule has 0 unspecified atom stereocenters. The number of carbonyl (C=O) groups is 1. The van der Waals surface area contributed by atoms with Gasteiger partial charge in [0, 0.05) is 24.5 Å². The molecule has 1 aromatic carbocycles. The molecule has 1 rings (SSSR count). The molecule has 14 heavy (non-hydrogen) atoms. The summed E-state index contributed by atoms with van der Waals surface area (Å²) in [5, 5.41) is 9.53. The summed E-state index contributed by atoms with van der Waals surface area (Å²) < 4.78 is 4.94. The van der Waals surface area contributed by atoms with Crippen LogP contribution in [0.5, 0.6) is 11.5 Å². The van der Waals surface area contributed by atoms with Crippen LogP contribution in [-0.4, -0.2) is 18.0 Å². The monoisotopic (exact) mass is 194 g/mol. The van der Waals surface area contributed by atoms with Crippen LogP contribution in [0, 0.1) is 0 Å². The van der Waals surface area contributed by atoms with Crippen molar-refractivity contribution in [3.8, 4) is 11.5 Å². The smallest absolute Gasteiger partial charge is 0.137 e. The summed E-state index contributed by atoms with van der Waals surface area (Å²) in [6, 6.07) is 4.96. The lowest BCUT2D eigenvalue weighted by Gasteiger charge is -2.05. The fraction of sp³-hybridized carbons (Fsp3) is 0.364. The first-order valence-corrected chi connectivity index (χ1v) is 4.55. The molecular weight excluding hydrogens is 180 g/mol. The van der Waals surface area contributed by atoms with Gasteiger partial charge in [-0.2, -0.15) is 0 Å². The van der Waals surface area contributed by atoms with E-state index in [2.05, 4.69) is 0 Å². The van der Waals surface area contributed by atoms with Crippen LogP contribution in [0.2, 0.25) is 0 Å². The van der Waals surface area contributed by atoms with E-state index in [1.165, 1.54) is 13.2 Å². The van der Waals surface area contributed by atoms with E-state index < -0.39 is 0 Å². The van der Waals surface area contributed by atoms with Crippen molar-refractivity contribution < 1.29 is 14.6 Å². The predicted molar refractivity (Wildman–Crippen MR) is 53.7 cm³/mol. The topological polar surface area (TPSA) is 46.5 Å². The molecule has 1 N–H and O–H groups in total. The molecule has 0 aromatic heterocycles. The van der Waals surface area contributed by atoms with Crippen LogP contribution >= 0.6 is 0 Å². The maximum absolute atomic E-state index is 11.1. The number of Topliss-reactive ketones (excluding diaryl/α,β-unsaturated/α-hetero) is 1. The summed E-state index contributed by atoms with van der Waals surface area (Å²) >= 11 is 0. The van der Waals surface area contributed by atoms with E-state index in [1.807, 2.05) is 6.92 Å². The molecule has 3 nitrogen and oxygen atoms in total. The molecule has 0 radical (unpaired) electrons. The summed E-state index contributed by atoms with van der Waals surface area (Å²) in [6.07, 6.45) is 0.776. The molecule has 1 aromatic rings. The van der Waals surface area contributed by atoms with Crippen LogP contribution < -0.4 is 4.74 Å². The second kappa shape index (κ2) is 4.65. The Labute approximate surface area is 83.3 Å². The lowest BCUT2D eigenvalue weighted by Crippen LogP contribution is -2.00. The van der Waals surface area contributed by atoms with Gasteiger partial charge in [0.2, 0.25) is 0 Å². The van der Waals surface area contributed by atoms with Gasteiger partial charge >= 0.3 is 0 Å². The zero-order chi connectivity index (χ0) is 10.6. The molecule has 0 heterocycles. The number of aromatic hydroxyl groups is 1. The Morgan fingerprint density at radius 2 is 2.21 bits per heavy atom. The van der Waals surface area contributed by atoms with Gasteiger partial charge in [0.1, 0.15) is 17.3 Å². The number of hydrogen-bond donors (Lipinski definition) is 1. The number of ether oxygens (including phenoxy) is 1. The van der Waals surface area contributed by atoms with Crippen LogP contribution in [0.1, 0.15) is 18.9 Å². The number of phenols is 1. The van der Waals surface area contributed by atoms with Crippen molar-refractivity contribution in [2.75, 3.05) is 7.11 Å². The fourth-order valence-corrected chi connectivity index (χ4v) is 1.16. The molecule has 0 fully saturated rings. The quantitative estimate of drug-likeness (QED) is 0.796. The van der Waals surface area contributed by atoms with Crippen molar-refractivity contribution >= 4 is 5.78 Å². The van der Waals surface area contributed by atoms with Crippen LogP contribution in [0.3, 0.4) is 0 Å². The van der Waals surface area contributed by atoms with Gasteiger partial charge in [-0.3, -0.25) is 4.79 Å². The van der Waals surface area contributed by atoms with E-state index in [9.17, 15) is 9.90 Å². The van der Waals surface area contributed by atoms with Crippen molar-refractivity contribution in [2.24, 2.45) is 0 Å². The van der Waals surface area contributed by atoms with Gasteiger partial charge < -0.3 is 9.84 Å². The minimum Gasteiger partial charge on any atom is -0.508 e. The molecule has 0 saturated carbocycles. The highest BCUT2D eigenvalue weighted by Crippen LogP contribution is 2.23. The van der Waals surface area contributed by atoms with Crippen LogP contribution in [0.4, 0.5) is 0 Å². The molecule has 76 valence electrons. The second-order valence-corrected chi connectivity index (χ2v) is 3.06. The largest absolute Gasteiger partial charge is 0.508 e. The van der Waals surface area contributed by atoms with E-state index in [0.29, 0.717) is 17.7 Å². The van der Waals surface area contributed by atoms with Crippen molar-refractivity contribution in [1.82, 2.24) is 0 Å². The van der Waals surface area contributed by atoms with E-state index >= 15 is 0 Å². The van der Waals surface area contributed by atoms with Gasteiger partial charge in [0.25, 0.3) is 0 Å². The Balaban J connectivity index is 2.83. The van der Waals surface area contributed by atoms with Crippen LogP contribution in [0.25, 0.3) is 0 Å². The average Bonchev–Trinajstić information content (AvgIpc) is 2.20. The second-order valence-electron chi connectivity index (χ2n) is 3.06. The van der Waals surface area contributed by atoms with Gasteiger partial charge in [-0.05, 0) is 6.07 Å². The lowest BCUT2D eigenvalue weighted by atomic mass is 10.1. The van der Waals surface area contributed by atoms with E-state index in [1.54, 1.807) is 12.1 Å². The van der Waals surface area contributed by atoms with Gasteiger partial charge in [-0.25, -0.2) is 0 Å². The number of carbonyl (C=O) groups excluding carboxylic acids is 1. The maximum atomic E-state index is 11.1. The first kappa shape index (κ1) is 10.6. The molecular formula is C11H14O3. The summed E-state index contributed by atoms with van der Waals surface area (Å²) in [5.41, 5.74) is 0.651. The molecule has 0 saturated heterocycles. The highest BCUT2D eigenvalue weighted by molar-refractivity contribution is 5.81. The minimum atomic E-state index is 0.116. The Hall–Kier alpha value is -1.51. The number of phenolic OH excluding ortho intramolecular Hbond substituents is 1. The first-order valence-electron chi connectivity index (χ1n) is 4.55. The van der Waals surface area contributed by atoms with E-state index in [4.69, 9.17) is 4.74 Å². The van der Waals surface area contributed by atoms with Crippen molar-refractivity contribution in [2.45, 2.75) is 19.8 Å². The summed E-state index contributed by atoms with van der Waals surface area (Å²) in [4.78, 5) is 11.1. The summed E-state index contributed by atoms with van der Waals surface area (Å²) in [7, 11) is 1.53. The number of hydrogen-bond acceptors (Lipinski definition) is 3. The van der Waals surface area contributed by atoms with E-state index in [-0.39, 0.29) is 18.0 Å². The molecule has 0 spiro atoms. The molecule has 0 amide bonds. The zero-order valence-corrected chi connectivity index (χ0v) is 8.41. The highest BCUT2D eigenvalue weighted by Gasteiger charge is 2.06. The summed E-state index contributed by atoms with van der Waals surface area (Å²) in [5.74, 6) is 0.826. The van der Waals surface area contributed by atoms with Gasteiger partial charge in [0.05, 0.1) is 7.11 Å². The molecule has 0 aliphatic heterocycles. The number of methoxy groups -OCH3 is 1. The summed E-state index contributed by atoms with van der Waals surface area (Å²) in [6.45, 7) is 1.81. The Kier molecular flexibility index (Phi) is 3.51. The maximum Gasteiger partial charge on any atom is 0.137 e. The van der Waals surface area contributed by atoms with Crippen molar-refractivity contribution in [3.05, 3.63) is 23.8 Å². The Bertz CT molecular complexity index is 331. The minimum absolute atomic E-state index is 0.116. The van der Waals surface area contributed by atoms with Crippen LogP contribution in [-0.2, 0) is 11.2 Å². The van der Waals surface area contributed by atoms with Gasteiger partial charge in [-0.15, -0.1) is 0 Å². The lowest BCUT2D eigenvalue weighted by molar-refractivity contribution is -0.118. The molecule has 0 atom stereocenters. The van der Waals surface area contributed by atoms with Crippen molar-refractivity contribution in [3.63, 3.8) is 0 Å². The third-order valence-corrected chi connectivity index (χ3v) is 2.07. The van der Waals surface area contributed by atoms with E-state index in [0.717, 1.165) is 0 Å². The Morgan fingerprint density at radius 1 is 1.50 bits per heavy atom.